The Kier molecular flexibility index (Phi) is 10.4. The van der Waals surface area contributed by atoms with Crippen molar-refractivity contribution in [1.82, 2.24) is 0 Å². The summed E-state index contributed by atoms with van der Waals surface area (Å²) in [6.45, 7) is 4.10. The van der Waals surface area contributed by atoms with Gasteiger partial charge in [-0.15, -0.1) is 0 Å². The van der Waals surface area contributed by atoms with E-state index in [1.54, 1.807) is 0 Å². The Hall–Kier alpha value is 0.806. The van der Waals surface area contributed by atoms with Crippen LogP contribution in [0.3, 0.4) is 0 Å². The maximum absolute atomic E-state index is 2.99. The largest absolute Gasteiger partial charge is 2.00 e. The third kappa shape index (κ3) is 10.9. The van der Waals surface area contributed by atoms with Gasteiger partial charge in [0.1, 0.15) is 0 Å². The van der Waals surface area contributed by atoms with Gasteiger partial charge in [0.05, 0.1) is 0 Å². The molecule has 0 heterocycles. The molecule has 2 heteroatoms. The standard InChI is InChI=1S/C5H7Br.Mg.2H/c1-5(2)3-4-6;;;/h5H,1-2H3;;;/q;+2;2*-1. The summed E-state index contributed by atoms with van der Waals surface area (Å²) in [6.07, 6.45) is 0. The molecule has 0 nitrogen and oxygen atoms in total. The molecule has 0 radical (unpaired) electrons. The predicted octanol–water partition coefficient (Wildman–Crippen LogP) is 1.84. The van der Waals surface area contributed by atoms with Gasteiger partial charge in [0.15, 0.2) is 0 Å². The molecule has 0 saturated heterocycles. The quantitative estimate of drug-likeness (QED) is 0.387. The molecule has 0 saturated carbocycles. The van der Waals surface area contributed by atoms with Gasteiger partial charge in [-0.2, -0.15) is 0 Å². The molecule has 0 N–H and O–H groups in total. The summed E-state index contributed by atoms with van der Waals surface area (Å²) < 4.78 is 0. The molecular formula is C5H9BrMg. The van der Waals surface area contributed by atoms with Crippen molar-refractivity contribution in [3.8, 4) is 10.8 Å². The Labute approximate surface area is 72.3 Å². The first-order chi connectivity index (χ1) is 2.77. The van der Waals surface area contributed by atoms with Crippen LogP contribution in [0.5, 0.6) is 0 Å². The number of rotatable bonds is 0. The van der Waals surface area contributed by atoms with Crippen LogP contribution < -0.4 is 0 Å². The van der Waals surface area contributed by atoms with E-state index >= 15 is 0 Å². The molecule has 0 aliphatic carbocycles. The average molecular weight is 173 g/mol. The summed E-state index contributed by atoms with van der Waals surface area (Å²) >= 11 is 2.99. The summed E-state index contributed by atoms with van der Waals surface area (Å²) in [7, 11) is 0. The first-order valence-corrected chi connectivity index (χ1v) is 2.68. The second-order valence-electron chi connectivity index (χ2n) is 1.39. The van der Waals surface area contributed by atoms with E-state index in [1.165, 1.54) is 0 Å². The number of hydrogen-bond acceptors (Lipinski definition) is 0. The normalized spacial score (nSPS) is 6.29. The van der Waals surface area contributed by atoms with E-state index in [2.05, 4.69) is 26.7 Å². The van der Waals surface area contributed by atoms with Crippen molar-refractivity contribution in [2.45, 2.75) is 13.8 Å². The minimum Gasteiger partial charge on any atom is -1.00 e. The fraction of sp³-hybridized carbons (Fsp3) is 0.600. The van der Waals surface area contributed by atoms with E-state index in [1.807, 2.05) is 13.8 Å². The third-order valence-corrected chi connectivity index (χ3v) is 0.572. The van der Waals surface area contributed by atoms with Gasteiger partial charge in [-0.3, -0.25) is 0 Å². The second-order valence-corrected chi connectivity index (χ2v) is 1.79. The predicted molar refractivity (Wildman–Crippen MR) is 39.5 cm³/mol. The molecule has 0 aliphatic heterocycles. The molecule has 0 amide bonds. The summed E-state index contributed by atoms with van der Waals surface area (Å²) in [4.78, 5) is 2.63. The van der Waals surface area contributed by atoms with Crippen LogP contribution in [-0.2, 0) is 0 Å². The van der Waals surface area contributed by atoms with E-state index < -0.39 is 0 Å². The van der Waals surface area contributed by atoms with Crippen molar-refractivity contribution in [2.24, 2.45) is 5.92 Å². The fourth-order valence-electron chi connectivity index (χ4n) is 0.109. The molecule has 0 aromatic rings. The van der Waals surface area contributed by atoms with Crippen LogP contribution in [0.2, 0.25) is 0 Å². The molecule has 7 heavy (non-hydrogen) atoms. The number of hydrogen-bond donors (Lipinski definition) is 0. The zero-order valence-electron chi connectivity index (χ0n) is 6.66. The van der Waals surface area contributed by atoms with E-state index in [0.29, 0.717) is 5.92 Å². The van der Waals surface area contributed by atoms with Crippen LogP contribution in [0, 0.1) is 16.7 Å². The molecule has 0 bridgehead atoms. The van der Waals surface area contributed by atoms with Crippen molar-refractivity contribution in [3.05, 3.63) is 0 Å². The van der Waals surface area contributed by atoms with Crippen molar-refractivity contribution < 1.29 is 2.85 Å². The van der Waals surface area contributed by atoms with Gasteiger partial charge in [-0.25, -0.2) is 0 Å². The first-order valence-electron chi connectivity index (χ1n) is 1.88. The third-order valence-electron chi connectivity index (χ3n) is 0.343. The Morgan fingerprint density at radius 3 is 2.00 bits per heavy atom. The minimum absolute atomic E-state index is 0. The molecule has 0 unspecified atom stereocenters. The SMILES string of the molecule is CC(C)C#CBr.[H-].[H-].[Mg+2]. The van der Waals surface area contributed by atoms with Gasteiger partial charge in [-0.05, 0) is 4.83 Å². The topological polar surface area (TPSA) is 0 Å². The van der Waals surface area contributed by atoms with E-state index in [9.17, 15) is 0 Å². The van der Waals surface area contributed by atoms with Gasteiger partial charge in [0.2, 0.25) is 0 Å². The van der Waals surface area contributed by atoms with Crippen molar-refractivity contribution in [1.29, 1.82) is 0 Å². The first kappa shape index (κ1) is 10.7. The molecule has 0 aromatic carbocycles. The second kappa shape index (κ2) is 6.81. The van der Waals surface area contributed by atoms with Gasteiger partial charge < -0.3 is 2.85 Å². The summed E-state index contributed by atoms with van der Waals surface area (Å²) in [5, 5.41) is 0. The molecule has 0 atom stereocenters. The van der Waals surface area contributed by atoms with Crippen LogP contribution in [0.4, 0.5) is 0 Å². The maximum atomic E-state index is 2.99. The Balaban J connectivity index is -0.0000000417. The van der Waals surface area contributed by atoms with E-state index in [0.717, 1.165) is 0 Å². The molecule has 0 rings (SSSR count). The van der Waals surface area contributed by atoms with Gasteiger partial charge in [0, 0.05) is 21.8 Å². The smallest absolute Gasteiger partial charge is 1.00 e. The summed E-state index contributed by atoms with van der Waals surface area (Å²) in [5.74, 6) is 3.37. The average Bonchev–Trinajstić information content (AvgIpc) is 1.35. The summed E-state index contributed by atoms with van der Waals surface area (Å²) in [6, 6.07) is 0. The van der Waals surface area contributed by atoms with Crippen LogP contribution >= 0.6 is 15.9 Å². The monoisotopic (exact) mass is 172 g/mol. The molecule has 38 valence electrons. The van der Waals surface area contributed by atoms with Crippen LogP contribution in [0.1, 0.15) is 16.7 Å². The Bertz CT molecular complexity index is 84.7. The molecule has 0 aliphatic rings. The summed E-state index contributed by atoms with van der Waals surface area (Å²) in [5.41, 5.74) is 0. The van der Waals surface area contributed by atoms with Crippen molar-refractivity contribution in [2.75, 3.05) is 0 Å². The van der Waals surface area contributed by atoms with E-state index in [-0.39, 0.29) is 25.9 Å². The zero-order valence-corrected chi connectivity index (χ0v) is 7.66. The van der Waals surface area contributed by atoms with Crippen LogP contribution in [0.15, 0.2) is 0 Å². The maximum Gasteiger partial charge on any atom is 2.00 e. The van der Waals surface area contributed by atoms with Crippen LogP contribution in [0.25, 0.3) is 0 Å². The van der Waals surface area contributed by atoms with E-state index in [4.69, 9.17) is 0 Å². The Morgan fingerprint density at radius 1 is 1.57 bits per heavy atom. The molecule has 0 aromatic heterocycles. The van der Waals surface area contributed by atoms with Gasteiger partial charge in [0.25, 0.3) is 0 Å². The molecular weight excluding hydrogens is 164 g/mol. The fourth-order valence-corrected chi connectivity index (χ4v) is 0.567. The minimum atomic E-state index is 0. The van der Waals surface area contributed by atoms with Gasteiger partial charge in [-0.1, -0.05) is 19.8 Å². The number of halogens is 1. The van der Waals surface area contributed by atoms with Gasteiger partial charge >= 0.3 is 23.1 Å². The molecule has 0 spiro atoms. The Morgan fingerprint density at radius 2 is 2.00 bits per heavy atom. The van der Waals surface area contributed by atoms with Crippen molar-refractivity contribution >= 4 is 39.0 Å². The van der Waals surface area contributed by atoms with Crippen molar-refractivity contribution in [3.63, 3.8) is 0 Å². The zero-order chi connectivity index (χ0) is 4.99. The van der Waals surface area contributed by atoms with Crippen LogP contribution in [-0.4, -0.2) is 23.1 Å². The molecule has 0 fully saturated rings.